The molecule has 15 heavy (non-hydrogen) atoms. The van der Waals surface area contributed by atoms with Gasteiger partial charge in [0.25, 0.3) is 0 Å². The summed E-state index contributed by atoms with van der Waals surface area (Å²) < 4.78 is 9.81. The molecule has 0 saturated heterocycles. The van der Waals surface area contributed by atoms with Crippen LogP contribution in [0.3, 0.4) is 0 Å². The minimum Gasteiger partial charge on any atom is -0.435 e. The van der Waals surface area contributed by atoms with Crippen molar-refractivity contribution in [2.24, 2.45) is 0 Å². The molecule has 0 N–H and O–H groups in total. The second kappa shape index (κ2) is 13.3. The van der Waals surface area contributed by atoms with Crippen LogP contribution in [0.25, 0.3) is 0 Å². The molecule has 3 nitrogen and oxygen atoms in total. The Hall–Kier alpha value is -0.730. The summed E-state index contributed by atoms with van der Waals surface area (Å²) in [5.74, 6) is 0. The summed E-state index contributed by atoms with van der Waals surface area (Å²) >= 11 is 0. The lowest BCUT2D eigenvalue weighted by Gasteiger charge is -2.15. The number of hydrogen-bond donors (Lipinski definition) is 0. The van der Waals surface area contributed by atoms with Crippen molar-refractivity contribution in [2.75, 3.05) is 6.61 Å². The Labute approximate surface area is 94.1 Å². The van der Waals surface area contributed by atoms with E-state index in [1.165, 1.54) is 0 Å². The summed E-state index contributed by atoms with van der Waals surface area (Å²) in [6, 6.07) is 0. The molecule has 0 atom stereocenters. The van der Waals surface area contributed by atoms with E-state index < -0.39 is 6.16 Å². The Morgan fingerprint density at radius 3 is 1.87 bits per heavy atom. The zero-order chi connectivity index (χ0) is 12.1. The molecule has 0 radical (unpaired) electrons. The quantitative estimate of drug-likeness (QED) is 0.628. The van der Waals surface area contributed by atoms with Crippen molar-refractivity contribution in [1.29, 1.82) is 0 Å². The molecule has 0 aliphatic carbocycles. The smallest absolute Gasteiger partial charge is 0.435 e. The van der Waals surface area contributed by atoms with Gasteiger partial charge in [-0.1, -0.05) is 40.5 Å². The topological polar surface area (TPSA) is 35.5 Å². The highest BCUT2D eigenvalue weighted by atomic mass is 16.7. The maximum absolute atomic E-state index is 11.0. The van der Waals surface area contributed by atoms with Crippen LogP contribution >= 0.6 is 0 Å². The van der Waals surface area contributed by atoms with Gasteiger partial charge in [0.15, 0.2) is 0 Å². The predicted molar refractivity (Wildman–Crippen MR) is 63.1 cm³/mol. The minimum atomic E-state index is -0.533. The first kappa shape index (κ1) is 16.7. The van der Waals surface area contributed by atoms with E-state index in [2.05, 4.69) is 13.8 Å². The van der Waals surface area contributed by atoms with E-state index >= 15 is 0 Å². The van der Waals surface area contributed by atoms with Crippen LogP contribution in [0.2, 0.25) is 0 Å². The normalized spacial score (nSPS) is 9.20. The fourth-order valence-electron chi connectivity index (χ4n) is 1.19. The van der Waals surface area contributed by atoms with Gasteiger partial charge in [0.05, 0.1) is 6.61 Å². The Bertz CT molecular complexity index is 129. The first-order valence-electron chi connectivity index (χ1n) is 6.07. The van der Waals surface area contributed by atoms with Crippen molar-refractivity contribution in [3.8, 4) is 0 Å². The van der Waals surface area contributed by atoms with E-state index in [-0.39, 0.29) is 6.10 Å². The molecule has 92 valence electrons. The first-order chi connectivity index (χ1) is 7.24. The minimum absolute atomic E-state index is 0.0362. The molecule has 0 aliphatic rings. The van der Waals surface area contributed by atoms with Gasteiger partial charge in [-0.05, 0) is 19.8 Å². The maximum Gasteiger partial charge on any atom is 0.508 e. The molecular formula is C12H26O3. The Morgan fingerprint density at radius 2 is 1.53 bits per heavy atom. The van der Waals surface area contributed by atoms with Gasteiger partial charge in [-0.3, -0.25) is 0 Å². The molecule has 0 aliphatic heterocycles. The largest absolute Gasteiger partial charge is 0.508 e. The summed E-state index contributed by atoms with van der Waals surface area (Å²) in [6.07, 6.45) is 3.41. The third-order valence-corrected chi connectivity index (χ3v) is 1.75. The third kappa shape index (κ3) is 11.2. The van der Waals surface area contributed by atoms with Gasteiger partial charge in [-0.15, -0.1) is 0 Å². The number of carbonyl (C=O) groups excluding carboxylic acids is 1. The van der Waals surface area contributed by atoms with E-state index in [4.69, 9.17) is 9.47 Å². The van der Waals surface area contributed by atoms with Gasteiger partial charge in [0.2, 0.25) is 0 Å². The Kier molecular flexibility index (Phi) is 14.8. The van der Waals surface area contributed by atoms with Crippen LogP contribution < -0.4 is 0 Å². The second-order valence-corrected chi connectivity index (χ2v) is 3.00. The molecular weight excluding hydrogens is 192 g/mol. The summed E-state index contributed by atoms with van der Waals surface area (Å²) in [5.41, 5.74) is 0. The molecule has 3 heteroatoms. The molecule has 0 bridgehead atoms. The van der Waals surface area contributed by atoms with Crippen molar-refractivity contribution in [3.05, 3.63) is 0 Å². The summed E-state index contributed by atoms with van der Waals surface area (Å²) in [7, 11) is 0. The molecule has 0 aromatic carbocycles. The van der Waals surface area contributed by atoms with Gasteiger partial charge in [0, 0.05) is 0 Å². The van der Waals surface area contributed by atoms with Gasteiger partial charge in [0.1, 0.15) is 6.10 Å². The van der Waals surface area contributed by atoms with E-state index in [9.17, 15) is 4.79 Å². The van der Waals surface area contributed by atoms with Gasteiger partial charge < -0.3 is 9.47 Å². The number of rotatable bonds is 6. The summed E-state index contributed by atoms with van der Waals surface area (Å²) in [5, 5.41) is 0. The average molecular weight is 218 g/mol. The highest BCUT2D eigenvalue weighted by Gasteiger charge is 2.12. The first-order valence-corrected chi connectivity index (χ1v) is 6.07. The zero-order valence-electron chi connectivity index (χ0n) is 10.8. The standard InChI is InChI=1S/C10H20O3.C2H6/c1-4-7-9(8-5-2)13-10(11)12-6-3;1-2/h9H,4-8H2,1-3H3;1-2H3. The molecule has 0 unspecified atom stereocenters. The predicted octanol–water partition coefficient (Wildman–Crippen LogP) is 4.15. The van der Waals surface area contributed by atoms with Crippen molar-refractivity contribution in [2.45, 2.75) is 66.4 Å². The molecule has 0 saturated carbocycles. The number of ether oxygens (including phenoxy) is 2. The fourth-order valence-corrected chi connectivity index (χ4v) is 1.19. The molecule has 0 aromatic rings. The van der Waals surface area contributed by atoms with E-state index in [1.54, 1.807) is 6.92 Å². The van der Waals surface area contributed by atoms with Crippen molar-refractivity contribution in [1.82, 2.24) is 0 Å². The van der Waals surface area contributed by atoms with Gasteiger partial charge >= 0.3 is 6.16 Å². The van der Waals surface area contributed by atoms with Crippen LogP contribution in [-0.4, -0.2) is 18.9 Å². The van der Waals surface area contributed by atoms with Crippen molar-refractivity contribution in [3.63, 3.8) is 0 Å². The van der Waals surface area contributed by atoms with Crippen LogP contribution in [0.5, 0.6) is 0 Å². The number of hydrogen-bond acceptors (Lipinski definition) is 3. The second-order valence-electron chi connectivity index (χ2n) is 3.00. The number of carbonyl (C=O) groups is 1. The van der Waals surface area contributed by atoms with E-state index in [0.29, 0.717) is 6.61 Å². The van der Waals surface area contributed by atoms with Gasteiger partial charge in [-0.2, -0.15) is 0 Å². The molecule has 0 spiro atoms. The lowest BCUT2D eigenvalue weighted by Crippen LogP contribution is -2.18. The molecule has 0 heterocycles. The van der Waals surface area contributed by atoms with Crippen LogP contribution in [0.4, 0.5) is 4.79 Å². The maximum atomic E-state index is 11.0. The Balaban J connectivity index is 0. The molecule has 0 amide bonds. The fraction of sp³-hybridized carbons (Fsp3) is 0.917. The molecule has 0 aromatic heterocycles. The highest BCUT2D eigenvalue weighted by molar-refractivity contribution is 5.60. The van der Waals surface area contributed by atoms with Crippen LogP contribution in [0.1, 0.15) is 60.3 Å². The SMILES string of the molecule is CC.CCCC(CCC)OC(=O)OCC. The monoisotopic (exact) mass is 218 g/mol. The van der Waals surface area contributed by atoms with E-state index in [0.717, 1.165) is 25.7 Å². The van der Waals surface area contributed by atoms with Crippen molar-refractivity contribution < 1.29 is 14.3 Å². The zero-order valence-corrected chi connectivity index (χ0v) is 10.8. The highest BCUT2D eigenvalue weighted by Crippen LogP contribution is 2.10. The summed E-state index contributed by atoms with van der Waals surface area (Å²) in [6.45, 7) is 10.3. The molecule has 0 fully saturated rings. The van der Waals surface area contributed by atoms with Crippen LogP contribution in [0, 0.1) is 0 Å². The third-order valence-electron chi connectivity index (χ3n) is 1.75. The van der Waals surface area contributed by atoms with Crippen LogP contribution in [-0.2, 0) is 9.47 Å². The van der Waals surface area contributed by atoms with Crippen LogP contribution in [0.15, 0.2) is 0 Å². The lowest BCUT2D eigenvalue weighted by atomic mass is 10.1. The van der Waals surface area contributed by atoms with Gasteiger partial charge in [-0.25, -0.2) is 4.79 Å². The van der Waals surface area contributed by atoms with Crippen molar-refractivity contribution >= 4 is 6.16 Å². The Morgan fingerprint density at radius 1 is 1.07 bits per heavy atom. The van der Waals surface area contributed by atoms with E-state index in [1.807, 2.05) is 13.8 Å². The summed E-state index contributed by atoms with van der Waals surface area (Å²) in [4.78, 5) is 11.0. The molecule has 0 rings (SSSR count). The average Bonchev–Trinajstić information content (AvgIpc) is 2.22. The lowest BCUT2D eigenvalue weighted by molar-refractivity contribution is 0.0202.